The fourth-order valence-electron chi connectivity index (χ4n) is 1.71. The molecular formula is C9H19N. The molecule has 1 aliphatic rings. The standard InChI is InChI=1S/C9H19N/c1-2-9-5-3-7-10-8-4-6-9/h9-10H,2-8H2,1H3. The first-order valence-corrected chi connectivity index (χ1v) is 4.64. The Kier molecular flexibility index (Phi) is 3.81. The topological polar surface area (TPSA) is 12.0 Å². The molecule has 1 aliphatic heterocycles. The van der Waals surface area contributed by atoms with Crippen LogP contribution in [0.3, 0.4) is 0 Å². The molecular weight excluding hydrogens is 122 g/mol. The minimum atomic E-state index is 1.03. The summed E-state index contributed by atoms with van der Waals surface area (Å²) in [6.07, 6.45) is 7.06. The van der Waals surface area contributed by atoms with Crippen LogP contribution in [0.2, 0.25) is 0 Å². The van der Waals surface area contributed by atoms with E-state index in [0.717, 1.165) is 5.92 Å². The van der Waals surface area contributed by atoms with Gasteiger partial charge in [0.1, 0.15) is 0 Å². The lowest BCUT2D eigenvalue weighted by molar-refractivity contribution is 0.378. The molecule has 1 fully saturated rings. The average Bonchev–Trinajstić information content (AvgIpc) is 1.87. The zero-order valence-corrected chi connectivity index (χ0v) is 7.03. The van der Waals surface area contributed by atoms with Crippen molar-refractivity contribution in [1.29, 1.82) is 0 Å². The molecule has 0 saturated carbocycles. The van der Waals surface area contributed by atoms with Crippen LogP contribution in [0.25, 0.3) is 0 Å². The summed E-state index contributed by atoms with van der Waals surface area (Å²) in [6, 6.07) is 0. The maximum absolute atomic E-state index is 3.43. The fraction of sp³-hybridized carbons (Fsp3) is 1.00. The van der Waals surface area contributed by atoms with Crippen molar-refractivity contribution in [3.05, 3.63) is 0 Å². The molecule has 60 valence electrons. The van der Waals surface area contributed by atoms with Gasteiger partial charge in [-0.25, -0.2) is 0 Å². The Morgan fingerprint density at radius 1 is 1.20 bits per heavy atom. The van der Waals surface area contributed by atoms with Gasteiger partial charge in [-0.05, 0) is 44.7 Å². The Hall–Kier alpha value is -0.0400. The third-order valence-corrected chi connectivity index (χ3v) is 2.51. The van der Waals surface area contributed by atoms with Crippen molar-refractivity contribution in [2.24, 2.45) is 5.92 Å². The lowest BCUT2D eigenvalue weighted by atomic mass is 9.94. The summed E-state index contributed by atoms with van der Waals surface area (Å²) >= 11 is 0. The molecule has 0 bridgehead atoms. The van der Waals surface area contributed by atoms with Crippen LogP contribution in [0.5, 0.6) is 0 Å². The number of nitrogens with one attached hydrogen (secondary N) is 1. The third-order valence-electron chi connectivity index (χ3n) is 2.51. The Bertz CT molecular complexity index is 72.8. The molecule has 1 N–H and O–H groups in total. The second kappa shape index (κ2) is 4.73. The molecule has 1 rings (SSSR count). The highest BCUT2D eigenvalue weighted by Crippen LogP contribution is 2.17. The number of hydrogen-bond acceptors (Lipinski definition) is 1. The van der Waals surface area contributed by atoms with Gasteiger partial charge >= 0.3 is 0 Å². The molecule has 1 heteroatoms. The van der Waals surface area contributed by atoms with Crippen LogP contribution in [-0.4, -0.2) is 13.1 Å². The van der Waals surface area contributed by atoms with Crippen LogP contribution < -0.4 is 5.32 Å². The van der Waals surface area contributed by atoms with E-state index in [4.69, 9.17) is 0 Å². The largest absolute Gasteiger partial charge is 0.317 e. The van der Waals surface area contributed by atoms with Crippen molar-refractivity contribution in [2.75, 3.05) is 13.1 Å². The highest BCUT2D eigenvalue weighted by Gasteiger charge is 2.07. The average molecular weight is 141 g/mol. The van der Waals surface area contributed by atoms with E-state index in [9.17, 15) is 0 Å². The molecule has 1 nitrogen and oxygen atoms in total. The summed E-state index contributed by atoms with van der Waals surface area (Å²) in [7, 11) is 0. The van der Waals surface area contributed by atoms with Crippen LogP contribution >= 0.6 is 0 Å². The maximum atomic E-state index is 3.43. The van der Waals surface area contributed by atoms with Crippen LogP contribution in [-0.2, 0) is 0 Å². The van der Waals surface area contributed by atoms with E-state index in [2.05, 4.69) is 12.2 Å². The molecule has 1 saturated heterocycles. The predicted octanol–water partition coefficient (Wildman–Crippen LogP) is 2.18. The molecule has 0 spiro atoms. The summed E-state index contributed by atoms with van der Waals surface area (Å²) in [5, 5.41) is 3.43. The van der Waals surface area contributed by atoms with Gasteiger partial charge < -0.3 is 5.32 Å². The van der Waals surface area contributed by atoms with E-state index < -0.39 is 0 Å². The van der Waals surface area contributed by atoms with E-state index >= 15 is 0 Å². The zero-order valence-electron chi connectivity index (χ0n) is 7.03. The Balaban J connectivity index is 2.16. The van der Waals surface area contributed by atoms with Crippen molar-refractivity contribution in [1.82, 2.24) is 5.32 Å². The van der Waals surface area contributed by atoms with E-state index in [0.29, 0.717) is 0 Å². The summed E-state index contributed by atoms with van der Waals surface area (Å²) in [4.78, 5) is 0. The van der Waals surface area contributed by atoms with Gasteiger partial charge in [-0.3, -0.25) is 0 Å². The molecule has 1 heterocycles. The quantitative estimate of drug-likeness (QED) is 0.590. The lowest BCUT2D eigenvalue weighted by Gasteiger charge is -2.17. The van der Waals surface area contributed by atoms with Gasteiger partial charge in [0.2, 0.25) is 0 Å². The zero-order chi connectivity index (χ0) is 7.23. The molecule has 0 aromatic heterocycles. The van der Waals surface area contributed by atoms with Crippen LogP contribution in [0.15, 0.2) is 0 Å². The molecule has 0 atom stereocenters. The SMILES string of the molecule is CCC1CCCNCCC1. The maximum Gasteiger partial charge on any atom is -0.00488 e. The number of rotatable bonds is 1. The van der Waals surface area contributed by atoms with E-state index in [-0.39, 0.29) is 0 Å². The summed E-state index contributed by atoms with van der Waals surface area (Å²) < 4.78 is 0. The second-order valence-electron chi connectivity index (χ2n) is 3.31. The Morgan fingerprint density at radius 2 is 1.80 bits per heavy atom. The molecule has 0 aliphatic carbocycles. The normalized spacial score (nSPS) is 23.7. The van der Waals surface area contributed by atoms with E-state index in [1.54, 1.807) is 0 Å². The van der Waals surface area contributed by atoms with Crippen molar-refractivity contribution in [3.8, 4) is 0 Å². The highest BCUT2D eigenvalue weighted by molar-refractivity contribution is 4.63. The fourth-order valence-corrected chi connectivity index (χ4v) is 1.71. The Labute approximate surface area is 64.2 Å². The molecule has 0 aromatic carbocycles. The number of hydrogen-bond donors (Lipinski definition) is 1. The van der Waals surface area contributed by atoms with Gasteiger partial charge in [-0.2, -0.15) is 0 Å². The van der Waals surface area contributed by atoms with Gasteiger partial charge in [-0.15, -0.1) is 0 Å². The minimum Gasteiger partial charge on any atom is -0.317 e. The highest BCUT2D eigenvalue weighted by atomic mass is 14.8. The second-order valence-corrected chi connectivity index (χ2v) is 3.31. The predicted molar refractivity (Wildman–Crippen MR) is 45.1 cm³/mol. The van der Waals surface area contributed by atoms with Gasteiger partial charge in [0, 0.05) is 0 Å². The first-order chi connectivity index (χ1) is 4.93. The minimum absolute atomic E-state index is 1.03. The van der Waals surface area contributed by atoms with Crippen LogP contribution in [0, 0.1) is 5.92 Å². The van der Waals surface area contributed by atoms with Crippen LogP contribution in [0.1, 0.15) is 39.0 Å². The van der Waals surface area contributed by atoms with Crippen molar-refractivity contribution >= 4 is 0 Å². The first-order valence-electron chi connectivity index (χ1n) is 4.64. The van der Waals surface area contributed by atoms with Gasteiger partial charge in [0.15, 0.2) is 0 Å². The van der Waals surface area contributed by atoms with Gasteiger partial charge in [0.05, 0.1) is 0 Å². The van der Waals surface area contributed by atoms with E-state index in [1.807, 2.05) is 0 Å². The molecule has 0 aromatic rings. The van der Waals surface area contributed by atoms with Crippen molar-refractivity contribution in [3.63, 3.8) is 0 Å². The molecule has 0 radical (unpaired) electrons. The monoisotopic (exact) mass is 141 g/mol. The van der Waals surface area contributed by atoms with Gasteiger partial charge in [0.25, 0.3) is 0 Å². The lowest BCUT2D eigenvalue weighted by Crippen LogP contribution is -2.21. The summed E-state index contributed by atoms with van der Waals surface area (Å²) in [6.45, 7) is 4.81. The van der Waals surface area contributed by atoms with Crippen molar-refractivity contribution in [2.45, 2.75) is 39.0 Å². The van der Waals surface area contributed by atoms with Crippen LogP contribution in [0.4, 0.5) is 0 Å². The summed E-state index contributed by atoms with van der Waals surface area (Å²) in [5.41, 5.74) is 0. The molecule has 0 amide bonds. The van der Waals surface area contributed by atoms with Gasteiger partial charge in [-0.1, -0.05) is 13.3 Å². The first kappa shape index (κ1) is 8.06. The third kappa shape index (κ3) is 2.70. The Morgan fingerprint density at radius 3 is 2.30 bits per heavy atom. The summed E-state index contributed by atoms with van der Waals surface area (Å²) in [5.74, 6) is 1.03. The van der Waals surface area contributed by atoms with E-state index in [1.165, 1.54) is 45.2 Å². The smallest absolute Gasteiger partial charge is 0.00488 e. The molecule has 0 unspecified atom stereocenters. The molecule has 10 heavy (non-hydrogen) atoms. The van der Waals surface area contributed by atoms with Crippen molar-refractivity contribution < 1.29 is 0 Å².